The first-order valence-corrected chi connectivity index (χ1v) is 14.9. The van der Waals surface area contributed by atoms with Gasteiger partial charge in [-0.25, -0.2) is 0 Å². The topological polar surface area (TPSA) is 56.3 Å². The van der Waals surface area contributed by atoms with Crippen molar-refractivity contribution >= 4 is 34.2 Å². The van der Waals surface area contributed by atoms with Crippen molar-refractivity contribution < 1.29 is 9.90 Å². The molecular weight excluding hydrogens is 476 g/mol. The molecule has 0 saturated carbocycles. The molecule has 1 aliphatic heterocycles. The molecule has 37 heavy (non-hydrogen) atoms. The molecule has 0 radical (unpaired) electrons. The highest BCUT2D eigenvalue weighted by Crippen LogP contribution is 2.39. The molecule has 0 amide bonds. The first-order valence-electron chi connectivity index (χ1n) is 14.0. The van der Waals surface area contributed by atoms with Crippen LogP contribution in [0.15, 0.2) is 59.6 Å². The molecule has 1 aliphatic rings. The van der Waals surface area contributed by atoms with Gasteiger partial charge in [0, 0.05) is 41.4 Å². The van der Waals surface area contributed by atoms with Crippen molar-refractivity contribution in [2.75, 3.05) is 18.8 Å². The molecule has 198 valence electrons. The molecule has 1 unspecified atom stereocenters. The van der Waals surface area contributed by atoms with Gasteiger partial charge in [0.2, 0.25) is 0 Å². The van der Waals surface area contributed by atoms with E-state index in [0.29, 0.717) is 12.5 Å². The number of unbranched alkanes of at least 4 members (excludes halogenated alkanes) is 3. The molecule has 0 spiro atoms. The monoisotopic (exact) mass is 518 g/mol. The highest BCUT2D eigenvalue weighted by Gasteiger charge is 2.24. The van der Waals surface area contributed by atoms with Crippen LogP contribution in [-0.4, -0.2) is 45.8 Å². The lowest BCUT2D eigenvalue weighted by Gasteiger charge is -2.30. The van der Waals surface area contributed by atoms with E-state index in [1.807, 2.05) is 17.8 Å². The Bertz CT molecular complexity index is 1200. The fourth-order valence-corrected chi connectivity index (χ4v) is 6.44. The fourth-order valence-electron chi connectivity index (χ4n) is 5.33. The van der Waals surface area contributed by atoms with Gasteiger partial charge in [0.25, 0.3) is 0 Å². The maximum absolute atomic E-state index is 12.2. The second-order valence-corrected chi connectivity index (χ2v) is 11.6. The number of aromatic amines is 1. The van der Waals surface area contributed by atoms with Crippen LogP contribution in [0.2, 0.25) is 0 Å². The third-order valence-electron chi connectivity index (χ3n) is 7.61. The number of aromatic nitrogens is 1. The summed E-state index contributed by atoms with van der Waals surface area (Å²) in [4.78, 5) is 18.4. The lowest BCUT2D eigenvalue weighted by molar-refractivity contribution is -0.139. The Morgan fingerprint density at radius 2 is 1.92 bits per heavy atom. The number of rotatable bonds is 13. The third-order valence-corrected chi connectivity index (χ3v) is 8.61. The van der Waals surface area contributed by atoms with E-state index in [9.17, 15) is 9.90 Å². The zero-order chi connectivity index (χ0) is 26.2. The van der Waals surface area contributed by atoms with Gasteiger partial charge in [0.1, 0.15) is 0 Å². The second-order valence-electron chi connectivity index (χ2n) is 10.5. The molecule has 0 saturated heterocycles. The molecule has 2 aromatic carbocycles. The molecular formula is C32H42N2O2S. The van der Waals surface area contributed by atoms with Crippen molar-refractivity contribution in [3.8, 4) is 0 Å². The molecule has 0 aliphatic carbocycles. The molecule has 1 atom stereocenters. The van der Waals surface area contributed by atoms with Crippen LogP contribution in [0, 0.1) is 0 Å². The highest BCUT2D eigenvalue weighted by atomic mass is 32.2. The number of carboxylic acid groups (broad SMARTS) is 1. The number of hydrogen-bond acceptors (Lipinski definition) is 3. The number of aliphatic carboxylic acids is 1. The normalized spacial score (nSPS) is 15.3. The van der Waals surface area contributed by atoms with Crippen LogP contribution >= 0.6 is 11.8 Å². The summed E-state index contributed by atoms with van der Waals surface area (Å²) in [5.74, 6) is -0.165. The van der Waals surface area contributed by atoms with Gasteiger partial charge >= 0.3 is 5.97 Å². The average molecular weight is 519 g/mol. The lowest BCUT2D eigenvalue weighted by atomic mass is 9.90. The van der Waals surface area contributed by atoms with E-state index in [-0.39, 0.29) is 0 Å². The van der Waals surface area contributed by atoms with Crippen molar-refractivity contribution in [1.29, 1.82) is 0 Å². The average Bonchev–Trinajstić information content (AvgIpc) is 3.26. The van der Waals surface area contributed by atoms with Crippen LogP contribution < -0.4 is 0 Å². The number of carboxylic acids is 1. The zero-order valence-electron chi connectivity index (χ0n) is 22.6. The Morgan fingerprint density at radius 1 is 1.11 bits per heavy atom. The number of nitrogens with one attached hydrogen (secondary N) is 1. The van der Waals surface area contributed by atoms with E-state index in [2.05, 4.69) is 79.2 Å². The Kier molecular flexibility index (Phi) is 9.93. The van der Waals surface area contributed by atoms with Gasteiger partial charge in [-0.15, -0.1) is 11.8 Å². The maximum atomic E-state index is 12.2. The summed E-state index contributed by atoms with van der Waals surface area (Å²) in [6.07, 6.45) is 9.50. The van der Waals surface area contributed by atoms with E-state index in [1.165, 1.54) is 33.5 Å². The minimum absolute atomic E-state index is 0.449. The van der Waals surface area contributed by atoms with E-state index < -0.39 is 11.9 Å². The van der Waals surface area contributed by atoms with Crippen molar-refractivity contribution in [3.05, 3.63) is 71.3 Å². The standard InChI is InChI=1S/C32H42N2O2S/c1-4-5-6-10-13-27(32(35)36)26-14-15-29-28(22-26)30(25-16-19-34(20-17-25)23(2)3)31(33-29)37-21-18-24-11-8-7-9-12-24/h7-9,11-12,14-16,22-23,27,33H,4-6,10,13,17-21H2,1-3H3,(H,35,36). The van der Waals surface area contributed by atoms with Gasteiger partial charge in [-0.05, 0) is 61.9 Å². The van der Waals surface area contributed by atoms with Crippen molar-refractivity contribution in [1.82, 2.24) is 9.88 Å². The molecule has 1 aromatic heterocycles. The smallest absolute Gasteiger partial charge is 0.310 e. The van der Waals surface area contributed by atoms with Crippen molar-refractivity contribution in [3.63, 3.8) is 0 Å². The first kappa shape index (κ1) is 27.5. The zero-order valence-corrected chi connectivity index (χ0v) is 23.4. The summed E-state index contributed by atoms with van der Waals surface area (Å²) < 4.78 is 0. The predicted octanol–water partition coefficient (Wildman–Crippen LogP) is 8.14. The summed E-state index contributed by atoms with van der Waals surface area (Å²) >= 11 is 1.88. The second kappa shape index (κ2) is 13.3. The van der Waals surface area contributed by atoms with Gasteiger partial charge in [0.15, 0.2) is 0 Å². The van der Waals surface area contributed by atoms with Gasteiger partial charge in [-0.3, -0.25) is 9.69 Å². The Labute approximate surface area is 226 Å². The third kappa shape index (κ3) is 7.08. The molecule has 4 nitrogen and oxygen atoms in total. The Balaban J connectivity index is 1.65. The van der Waals surface area contributed by atoms with Crippen LogP contribution in [0.4, 0.5) is 0 Å². The summed E-state index contributed by atoms with van der Waals surface area (Å²) in [5.41, 5.74) is 6.05. The SMILES string of the molecule is CCCCCCC(C(=O)O)c1ccc2[nH]c(SCCc3ccccc3)c(C3=CCN(C(C)C)CC3)c2c1. The van der Waals surface area contributed by atoms with Crippen LogP contribution in [0.5, 0.6) is 0 Å². The molecule has 2 heterocycles. The van der Waals surface area contributed by atoms with Gasteiger partial charge in [-0.2, -0.15) is 0 Å². The molecule has 0 bridgehead atoms. The fraction of sp³-hybridized carbons (Fsp3) is 0.469. The molecule has 3 aromatic rings. The van der Waals surface area contributed by atoms with Crippen LogP contribution in [0.3, 0.4) is 0 Å². The molecule has 2 N–H and O–H groups in total. The minimum atomic E-state index is -0.713. The van der Waals surface area contributed by atoms with E-state index in [4.69, 9.17) is 0 Å². The van der Waals surface area contributed by atoms with Crippen molar-refractivity contribution in [2.45, 2.75) is 82.7 Å². The number of hydrogen-bond donors (Lipinski definition) is 2. The van der Waals surface area contributed by atoms with E-state index >= 15 is 0 Å². The van der Waals surface area contributed by atoms with Gasteiger partial charge in [-0.1, -0.05) is 75.1 Å². The molecule has 0 fully saturated rings. The minimum Gasteiger partial charge on any atom is -0.481 e. The summed E-state index contributed by atoms with van der Waals surface area (Å²) in [5, 5.41) is 12.4. The van der Waals surface area contributed by atoms with Crippen LogP contribution in [0.25, 0.3) is 16.5 Å². The number of thioether (sulfide) groups is 1. The Morgan fingerprint density at radius 3 is 2.59 bits per heavy atom. The summed E-state index contributed by atoms with van der Waals surface area (Å²) in [6, 6.07) is 17.5. The first-order chi connectivity index (χ1) is 18.0. The highest BCUT2D eigenvalue weighted by molar-refractivity contribution is 7.99. The number of carbonyl (C=O) groups is 1. The number of benzene rings is 2. The molecule has 4 rings (SSSR count). The number of aryl methyl sites for hydroxylation is 1. The van der Waals surface area contributed by atoms with E-state index in [0.717, 1.165) is 62.0 Å². The predicted molar refractivity (Wildman–Crippen MR) is 158 cm³/mol. The number of nitrogens with zero attached hydrogens (tertiary/aromatic N) is 1. The van der Waals surface area contributed by atoms with Gasteiger partial charge in [0.05, 0.1) is 10.9 Å². The van der Waals surface area contributed by atoms with Crippen LogP contribution in [-0.2, 0) is 11.2 Å². The van der Waals surface area contributed by atoms with E-state index in [1.54, 1.807) is 0 Å². The summed E-state index contributed by atoms with van der Waals surface area (Å²) in [7, 11) is 0. The lowest BCUT2D eigenvalue weighted by Crippen LogP contribution is -2.34. The van der Waals surface area contributed by atoms with Crippen LogP contribution in [0.1, 0.15) is 81.9 Å². The number of fused-ring (bicyclic) bond motifs is 1. The quantitative estimate of drug-likeness (QED) is 0.177. The van der Waals surface area contributed by atoms with Crippen molar-refractivity contribution in [2.24, 2.45) is 0 Å². The summed E-state index contributed by atoms with van der Waals surface area (Å²) in [6.45, 7) is 8.72. The van der Waals surface area contributed by atoms with Gasteiger partial charge < -0.3 is 10.1 Å². The Hall–Kier alpha value is -2.50. The largest absolute Gasteiger partial charge is 0.481 e. The number of H-pyrrole nitrogens is 1. The molecule has 5 heteroatoms. The maximum Gasteiger partial charge on any atom is 0.310 e.